The van der Waals surface area contributed by atoms with E-state index < -0.39 is 11.2 Å². The Hall–Kier alpha value is -2.04. The average molecular weight is 297 g/mol. The molecule has 106 valence electrons. The highest BCUT2D eigenvalue weighted by atomic mass is 32.2. The molecule has 0 bridgehead atoms. The normalized spacial score (nSPS) is 12.3. The number of methoxy groups -OCH3 is 1. The van der Waals surface area contributed by atoms with Crippen LogP contribution >= 0.6 is 0 Å². The number of hydrogen-bond acceptors (Lipinski definition) is 3. The zero-order valence-electron chi connectivity index (χ0n) is 11.9. The number of nitrogens with zero attached hydrogens (tertiary/aromatic N) is 1. The molecule has 2 aromatic carbocycles. The molecule has 0 aliphatic rings. The third-order valence-corrected chi connectivity index (χ3v) is 4.33. The van der Waals surface area contributed by atoms with Crippen LogP contribution in [0.2, 0.25) is 0 Å². The van der Waals surface area contributed by atoms with E-state index in [0.29, 0.717) is 5.88 Å². The minimum absolute atomic E-state index is 0.616. The summed E-state index contributed by atoms with van der Waals surface area (Å²) in [7, 11) is 1.61. The maximum absolute atomic E-state index is 11.4. The first-order valence-corrected chi connectivity index (χ1v) is 8.12. The Labute approximate surface area is 126 Å². The Kier molecular flexibility index (Phi) is 3.82. The van der Waals surface area contributed by atoms with Gasteiger partial charge >= 0.3 is 0 Å². The molecular weight excluding hydrogens is 282 g/mol. The lowest BCUT2D eigenvalue weighted by Gasteiger charge is -2.07. The van der Waals surface area contributed by atoms with Crippen LogP contribution in [-0.4, -0.2) is 22.9 Å². The molecule has 1 atom stereocenters. The molecule has 1 heterocycles. The Morgan fingerprint density at radius 3 is 2.33 bits per heavy atom. The van der Waals surface area contributed by atoms with Crippen molar-refractivity contribution in [2.75, 3.05) is 13.4 Å². The molecule has 0 aliphatic carbocycles. The van der Waals surface area contributed by atoms with E-state index in [2.05, 4.69) is 11.1 Å². The molecule has 1 unspecified atom stereocenters. The molecule has 0 spiro atoms. The predicted octanol–water partition coefficient (Wildman–Crippen LogP) is 3.65. The highest BCUT2D eigenvalue weighted by Crippen LogP contribution is 2.26. The fraction of sp³-hybridized carbons (Fsp3) is 0.118. The van der Waals surface area contributed by atoms with E-state index in [1.165, 1.54) is 0 Å². The third-order valence-electron chi connectivity index (χ3n) is 3.39. The van der Waals surface area contributed by atoms with Gasteiger partial charge in [-0.1, -0.05) is 6.07 Å². The van der Waals surface area contributed by atoms with Crippen LogP contribution in [0.1, 0.15) is 0 Å². The van der Waals surface area contributed by atoms with Gasteiger partial charge in [0.2, 0.25) is 5.88 Å². The first-order chi connectivity index (χ1) is 10.2. The molecule has 0 aliphatic heterocycles. The maximum Gasteiger partial charge on any atom is 0.213 e. The summed E-state index contributed by atoms with van der Waals surface area (Å²) in [6.45, 7) is 0. The number of hydrogen-bond donors (Lipinski definition) is 0. The van der Waals surface area contributed by atoms with Gasteiger partial charge in [-0.3, -0.25) is 0 Å². The molecule has 3 rings (SSSR count). The second kappa shape index (κ2) is 5.76. The molecule has 3 aromatic rings. The topological polar surface area (TPSA) is 45.2 Å². The van der Waals surface area contributed by atoms with Crippen LogP contribution in [0.4, 0.5) is 0 Å². The molecule has 0 fully saturated rings. The summed E-state index contributed by atoms with van der Waals surface area (Å²) >= 11 is -0.944. The van der Waals surface area contributed by atoms with Gasteiger partial charge in [-0.05, 0) is 64.8 Å². The van der Waals surface area contributed by atoms with Crippen LogP contribution in [0.25, 0.3) is 22.0 Å². The number of rotatable bonds is 3. The molecule has 1 aromatic heterocycles. The molecule has 0 N–H and O–H groups in total. The predicted molar refractivity (Wildman–Crippen MR) is 86.1 cm³/mol. The van der Waals surface area contributed by atoms with E-state index in [0.717, 1.165) is 26.9 Å². The van der Waals surface area contributed by atoms with E-state index in [1.807, 2.05) is 48.5 Å². The van der Waals surface area contributed by atoms with Gasteiger partial charge in [0, 0.05) is 11.5 Å². The summed E-state index contributed by atoms with van der Waals surface area (Å²) in [5.41, 5.74) is 3.12. The number of benzene rings is 2. The van der Waals surface area contributed by atoms with Crippen molar-refractivity contribution in [3.8, 4) is 17.0 Å². The zero-order valence-corrected chi connectivity index (χ0v) is 12.7. The van der Waals surface area contributed by atoms with E-state index in [1.54, 1.807) is 13.4 Å². The van der Waals surface area contributed by atoms with Crippen molar-refractivity contribution in [3.63, 3.8) is 0 Å². The van der Waals surface area contributed by atoms with Gasteiger partial charge in [-0.2, -0.15) is 0 Å². The molecule has 0 radical (unpaired) electrons. The van der Waals surface area contributed by atoms with Gasteiger partial charge in [0.05, 0.1) is 12.6 Å². The van der Waals surface area contributed by atoms with Gasteiger partial charge < -0.3 is 9.29 Å². The average Bonchev–Trinajstić information content (AvgIpc) is 2.54. The highest BCUT2D eigenvalue weighted by Gasteiger charge is 2.06. The largest absolute Gasteiger partial charge is 0.612 e. The number of fused-ring (bicyclic) bond motifs is 1. The van der Waals surface area contributed by atoms with Gasteiger partial charge in [0.15, 0.2) is 4.90 Å². The first kappa shape index (κ1) is 13.9. The summed E-state index contributed by atoms with van der Waals surface area (Å²) in [6, 6.07) is 17.8. The van der Waals surface area contributed by atoms with Crippen molar-refractivity contribution in [1.82, 2.24) is 4.98 Å². The van der Waals surface area contributed by atoms with E-state index in [4.69, 9.17) is 4.74 Å². The second-order valence-corrected chi connectivity index (χ2v) is 6.12. The number of ether oxygens (including phenoxy) is 1. The quantitative estimate of drug-likeness (QED) is 0.693. The molecule has 0 saturated heterocycles. The minimum atomic E-state index is -0.944. The molecule has 3 nitrogen and oxygen atoms in total. The Morgan fingerprint density at radius 2 is 1.67 bits per heavy atom. The summed E-state index contributed by atoms with van der Waals surface area (Å²) in [5.74, 6) is 0.616. The van der Waals surface area contributed by atoms with Gasteiger partial charge in [0.25, 0.3) is 0 Å². The second-order valence-electron chi connectivity index (χ2n) is 4.74. The van der Waals surface area contributed by atoms with Crippen molar-refractivity contribution >= 4 is 22.1 Å². The smallest absolute Gasteiger partial charge is 0.213 e. The molecule has 4 heteroatoms. The summed E-state index contributed by atoms with van der Waals surface area (Å²) in [5, 5.41) is 1.07. The Bertz CT molecular complexity index is 769. The summed E-state index contributed by atoms with van der Waals surface area (Å²) in [4.78, 5) is 5.24. The molecule has 0 saturated carbocycles. The van der Waals surface area contributed by atoms with Gasteiger partial charge in [-0.15, -0.1) is 0 Å². The fourth-order valence-corrected chi connectivity index (χ4v) is 2.76. The number of aromatic nitrogens is 1. The zero-order chi connectivity index (χ0) is 14.8. The van der Waals surface area contributed by atoms with Crippen molar-refractivity contribution in [2.45, 2.75) is 4.90 Å². The summed E-state index contributed by atoms with van der Waals surface area (Å²) < 4.78 is 16.6. The van der Waals surface area contributed by atoms with Crippen LogP contribution < -0.4 is 4.74 Å². The van der Waals surface area contributed by atoms with Crippen molar-refractivity contribution in [1.29, 1.82) is 0 Å². The summed E-state index contributed by atoms with van der Waals surface area (Å²) in [6.07, 6.45) is 1.68. The lowest BCUT2D eigenvalue weighted by Crippen LogP contribution is -1.96. The van der Waals surface area contributed by atoms with E-state index >= 15 is 0 Å². The highest BCUT2D eigenvalue weighted by molar-refractivity contribution is 7.90. The van der Waals surface area contributed by atoms with E-state index in [-0.39, 0.29) is 0 Å². The van der Waals surface area contributed by atoms with Crippen molar-refractivity contribution < 1.29 is 9.29 Å². The Balaban J connectivity index is 2.00. The van der Waals surface area contributed by atoms with Gasteiger partial charge in [-0.25, -0.2) is 4.98 Å². The van der Waals surface area contributed by atoms with Crippen molar-refractivity contribution in [3.05, 3.63) is 54.6 Å². The van der Waals surface area contributed by atoms with E-state index in [9.17, 15) is 4.55 Å². The molecular formula is C17H15NO2S. The Morgan fingerprint density at radius 1 is 0.952 bits per heavy atom. The minimum Gasteiger partial charge on any atom is -0.612 e. The SMILES string of the molecule is COc1ccc2cc(-c3ccc([S+](C)[O-])cc3)ccc2n1. The van der Waals surface area contributed by atoms with Crippen LogP contribution in [-0.2, 0) is 11.2 Å². The van der Waals surface area contributed by atoms with Crippen LogP contribution in [0, 0.1) is 0 Å². The molecule has 21 heavy (non-hydrogen) atoms. The fourth-order valence-electron chi connectivity index (χ4n) is 2.24. The van der Waals surface area contributed by atoms with Crippen LogP contribution in [0.15, 0.2) is 59.5 Å². The third kappa shape index (κ3) is 2.86. The van der Waals surface area contributed by atoms with Crippen LogP contribution in [0.5, 0.6) is 5.88 Å². The molecule has 0 amide bonds. The standard InChI is InChI=1S/C17H15NO2S/c1-20-17-10-6-14-11-13(5-9-16(14)18-17)12-3-7-15(8-4-12)21(2)19/h3-11H,1-2H3. The first-order valence-electron chi connectivity index (χ1n) is 6.56. The number of pyridine rings is 1. The lowest BCUT2D eigenvalue weighted by atomic mass is 10.0. The van der Waals surface area contributed by atoms with Crippen LogP contribution in [0.3, 0.4) is 0 Å². The maximum atomic E-state index is 11.4. The van der Waals surface area contributed by atoms with Crippen molar-refractivity contribution in [2.24, 2.45) is 0 Å². The lowest BCUT2D eigenvalue weighted by molar-refractivity contribution is 0.399. The monoisotopic (exact) mass is 297 g/mol. The van der Waals surface area contributed by atoms with Gasteiger partial charge in [0.1, 0.15) is 6.26 Å².